The first-order valence-electron chi connectivity index (χ1n) is 2.18. The van der Waals surface area contributed by atoms with Crippen molar-refractivity contribution in [2.45, 2.75) is 6.92 Å². The molecule has 0 saturated heterocycles. The van der Waals surface area contributed by atoms with Crippen LogP contribution in [0.2, 0.25) is 0 Å². The smallest absolute Gasteiger partial charge is 0.264 e. The van der Waals surface area contributed by atoms with Crippen molar-refractivity contribution in [1.29, 1.82) is 0 Å². The Balaban J connectivity index is -0.000000107. The maximum atomic E-state index is 9.56. The Morgan fingerprint density at radius 1 is 1.60 bits per heavy atom. The van der Waals surface area contributed by atoms with Crippen molar-refractivity contribution in [3.8, 4) is 0 Å². The molecule has 10 heavy (non-hydrogen) atoms. The number of halogens is 1. The van der Waals surface area contributed by atoms with Gasteiger partial charge in [0.15, 0.2) is 0 Å². The van der Waals surface area contributed by atoms with E-state index in [1.165, 1.54) is 6.92 Å². The lowest BCUT2D eigenvalue weighted by Crippen LogP contribution is -1.97. The van der Waals surface area contributed by atoms with E-state index in [9.17, 15) is 8.42 Å². The van der Waals surface area contributed by atoms with Crippen molar-refractivity contribution >= 4 is 10.1 Å². The summed E-state index contributed by atoms with van der Waals surface area (Å²) in [5, 5.41) is 7.33. The van der Waals surface area contributed by atoms with Gasteiger partial charge in [0.2, 0.25) is 0 Å². The third kappa shape index (κ3) is 53.0. The molecule has 0 bridgehead atoms. The third-order valence-electron chi connectivity index (χ3n) is 0.365. The quantitative estimate of drug-likeness (QED) is 0.454. The summed E-state index contributed by atoms with van der Waals surface area (Å²) in [7, 11) is -3.66. The highest BCUT2D eigenvalue weighted by Gasteiger charge is 1.93. The van der Waals surface area contributed by atoms with Gasteiger partial charge in [0.1, 0.15) is 0 Å². The van der Waals surface area contributed by atoms with Gasteiger partial charge < -0.3 is 5.11 Å². The second-order valence-electron chi connectivity index (χ2n) is 1.05. The summed E-state index contributed by atoms with van der Waals surface area (Å²) in [5.74, 6) is -0.201. The second-order valence-corrected chi connectivity index (χ2v) is 2.79. The van der Waals surface area contributed by atoms with Crippen LogP contribution in [0.5, 0.6) is 0 Å². The van der Waals surface area contributed by atoms with Crippen LogP contribution in [0.4, 0.5) is 4.70 Å². The van der Waals surface area contributed by atoms with Crippen LogP contribution in [0.15, 0.2) is 12.8 Å². The van der Waals surface area contributed by atoms with Gasteiger partial charge in [0, 0.05) is 0 Å². The van der Waals surface area contributed by atoms with E-state index in [1.54, 1.807) is 0 Å². The van der Waals surface area contributed by atoms with Crippen LogP contribution >= 0.6 is 0 Å². The van der Waals surface area contributed by atoms with Crippen molar-refractivity contribution in [1.82, 2.24) is 0 Å². The summed E-state index contributed by atoms with van der Waals surface area (Å²) in [4.78, 5) is 0. The topological polar surface area (TPSA) is 74.6 Å². The standard InChI is InChI=1S/C2H6O3S.C2H4O.FH/c1-2-6(3,4)5;1-2-3;/h2H2,1H3,(H,3,4,5);2-3H,1H2;1H. The third-order valence-corrected chi connectivity index (χ3v) is 1.09. The van der Waals surface area contributed by atoms with E-state index < -0.39 is 10.1 Å². The van der Waals surface area contributed by atoms with Crippen molar-refractivity contribution in [3.05, 3.63) is 12.8 Å². The highest BCUT2D eigenvalue weighted by atomic mass is 32.2. The maximum absolute atomic E-state index is 9.56. The van der Waals surface area contributed by atoms with Crippen LogP contribution < -0.4 is 0 Å². The van der Waals surface area contributed by atoms with E-state index in [2.05, 4.69) is 6.58 Å². The molecule has 6 heteroatoms. The summed E-state index contributed by atoms with van der Waals surface area (Å²) < 4.78 is 26.9. The average molecular weight is 174 g/mol. The van der Waals surface area contributed by atoms with Crippen LogP contribution in [0.25, 0.3) is 0 Å². The molecule has 0 aromatic carbocycles. The van der Waals surface area contributed by atoms with Crippen molar-refractivity contribution in [2.75, 3.05) is 5.75 Å². The zero-order valence-corrected chi connectivity index (χ0v) is 6.34. The first kappa shape index (κ1) is 16.2. The summed E-state index contributed by atoms with van der Waals surface area (Å²) in [5.41, 5.74) is 0. The SMILES string of the molecule is C=CO.CCS(=O)(=O)O.F. The molecule has 0 aliphatic carbocycles. The number of hydrogen-bond donors (Lipinski definition) is 2. The van der Waals surface area contributed by atoms with Gasteiger partial charge in [0.25, 0.3) is 10.1 Å². The molecule has 2 N–H and O–H groups in total. The van der Waals surface area contributed by atoms with E-state index in [1.807, 2.05) is 0 Å². The van der Waals surface area contributed by atoms with E-state index in [-0.39, 0.29) is 10.5 Å². The first-order valence-corrected chi connectivity index (χ1v) is 3.79. The molecule has 4 nitrogen and oxygen atoms in total. The molecule has 0 aromatic rings. The Labute approximate surface area is 59.3 Å². The molecular weight excluding hydrogens is 163 g/mol. The molecule has 0 fully saturated rings. The number of aliphatic hydroxyl groups excluding tert-OH is 1. The summed E-state index contributed by atoms with van der Waals surface area (Å²) in [6.07, 6.45) is 0.750. The zero-order valence-electron chi connectivity index (χ0n) is 5.52. The normalized spacial score (nSPS) is 8.20. The Hall–Kier alpha value is -0.620. The molecule has 0 unspecified atom stereocenters. The Kier molecular flexibility index (Phi) is 13.6. The van der Waals surface area contributed by atoms with Gasteiger partial charge in [0.05, 0.1) is 12.0 Å². The van der Waals surface area contributed by atoms with Crippen LogP contribution in [0, 0.1) is 0 Å². The molecule has 0 saturated carbocycles. The molecule has 0 atom stereocenters. The highest BCUT2D eigenvalue weighted by Crippen LogP contribution is 1.74. The lowest BCUT2D eigenvalue weighted by atomic mass is 11.0. The maximum Gasteiger partial charge on any atom is 0.264 e. The summed E-state index contributed by atoms with van der Waals surface area (Å²) >= 11 is 0. The number of aliphatic hydroxyl groups is 1. The van der Waals surface area contributed by atoms with E-state index in [0.717, 1.165) is 6.26 Å². The predicted octanol–water partition coefficient (Wildman–Crippen LogP) is 0.735. The van der Waals surface area contributed by atoms with Gasteiger partial charge in [-0.15, -0.1) is 0 Å². The summed E-state index contributed by atoms with van der Waals surface area (Å²) in [6.45, 7) is 4.29. The molecule has 0 radical (unpaired) electrons. The molecule has 0 amide bonds. The second kappa shape index (κ2) is 8.38. The van der Waals surface area contributed by atoms with Crippen LogP contribution in [0.1, 0.15) is 6.92 Å². The molecule has 0 aliphatic heterocycles. The van der Waals surface area contributed by atoms with Crippen LogP contribution in [-0.2, 0) is 10.1 Å². The van der Waals surface area contributed by atoms with Gasteiger partial charge >= 0.3 is 0 Å². The van der Waals surface area contributed by atoms with E-state index >= 15 is 0 Å². The van der Waals surface area contributed by atoms with Crippen molar-refractivity contribution < 1.29 is 22.8 Å². The molecular formula is C4H11FO4S. The summed E-state index contributed by atoms with van der Waals surface area (Å²) in [6, 6.07) is 0. The highest BCUT2D eigenvalue weighted by molar-refractivity contribution is 7.85. The molecule has 0 heterocycles. The fraction of sp³-hybridized carbons (Fsp3) is 0.500. The fourth-order valence-electron chi connectivity index (χ4n) is 0. The minimum absolute atomic E-state index is 0. The minimum atomic E-state index is -3.66. The van der Waals surface area contributed by atoms with Gasteiger partial charge in [-0.05, 0) is 6.92 Å². The Morgan fingerprint density at radius 2 is 1.70 bits per heavy atom. The van der Waals surface area contributed by atoms with Gasteiger partial charge in [-0.25, -0.2) is 0 Å². The van der Waals surface area contributed by atoms with Crippen molar-refractivity contribution in [3.63, 3.8) is 0 Å². The predicted molar refractivity (Wildman–Crippen MR) is 37.4 cm³/mol. The molecule has 0 aromatic heterocycles. The number of hydrogen-bond acceptors (Lipinski definition) is 3. The van der Waals surface area contributed by atoms with E-state index in [4.69, 9.17) is 9.66 Å². The largest absolute Gasteiger partial charge is 0.516 e. The number of rotatable bonds is 1. The Bertz CT molecular complexity index is 151. The first-order chi connectivity index (χ1) is 3.97. The van der Waals surface area contributed by atoms with Gasteiger partial charge in [-0.3, -0.25) is 9.26 Å². The fourth-order valence-corrected chi connectivity index (χ4v) is 0. The lowest BCUT2D eigenvalue weighted by Gasteiger charge is -1.79. The van der Waals surface area contributed by atoms with Gasteiger partial charge in [-0.2, -0.15) is 8.42 Å². The minimum Gasteiger partial charge on any atom is -0.516 e. The van der Waals surface area contributed by atoms with Crippen molar-refractivity contribution in [2.24, 2.45) is 0 Å². The molecule has 64 valence electrons. The monoisotopic (exact) mass is 174 g/mol. The average Bonchev–Trinajstić information content (AvgIpc) is 1.67. The van der Waals surface area contributed by atoms with Gasteiger partial charge in [-0.1, -0.05) is 6.58 Å². The Morgan fingerprint density at radius 3 is 1.70 bits per heavy atom. The van der Waals surface area contributed by atoms with Crippen LogP contribution in [-0.4, -0.2) is 23.8 Å². The molecule has 0 aliphatic rings. The molecule has 0 rings (SSSR count). The lowest BCUT2D eigenvalue weighted by molar-refractivity contribution is 0.476. The van der Waals surface area contributed by atoms with E-state index in [0.29, 0.717) is 0 Å². The van der Waals surface area contributed by atoms with Crippen LogP contribution in [0.3, 0.4) is 0 Å². The zero-order chi connectivity index (χ0) is 7.91. The molecule has 0 spiro atoms.